The zero-order valence-electron chi connectivity index (χ0n) is 15.9. The normalized spacial score (nSPS) is 11.2. The summed E-state index contributed by atoms with van der Waals surface area (Å²) in [6.07, 6.45) is 0. The van der Waals surface area contributed by atoms with Crippen molar-refractivity contribution < 1.29 is 9.59 Å². The third-order valence-corrected chi connectivity index (χ3v) is 4.65. The number of hydrogen-bond acceptors (Lipinski definition) is 2. The molecule has 0 aliphatic carbocycles. The Bertz CT molecular complexity index is 831. The van der Waals surface area contributed by atoms with E-state index in [9.17, 15) is 9.59 Å². The van der Waals surface area contributed by atoms with Crippen LogP contribution in [-0.4, -0.2) is 18.4 Å². The van der Waals surface area contributed by atoms with E-state index in [1.165, 1.54) is 0 Å². The van der Waals surface area contributed by atoms with Crippen LogP contribution in [0.5, 0.6) is 0 Å². The lowest BCUT2D eigenvalue weighted by atomic mass is 9.89. The molecule has 0 saturated carbocycles. The summed E-state index contributed by atoms with van der Waals surface area (Å²) in [5.74, 6) is -0.589. The van der Waals surface area contributed by atoms with Gasteiger partial charge in [0.25, 0.3) is 0 Å². The standard InChI is InChI=1S/C21H25ClN2O2/c1-6-24(17-9-7-8-14(2)12-17)20(26)21(4,5)19(25)23-18-11-10-16(22)13-15(18)3/h7-13H,6H2,1-5H3,(H,23,25). The molecule has 2 amide bonds. The smallest absolute Gasteiger partial charge is 0.242 e. The van der Waals surface area contributed by atoms with Crippen molar-refractivity contribution in [3.63, 3.8) is 0 Å². The van der Waals surface area contributed by atoms with Crippen LogP contribution in [0.25, 0.3) is 0 Å². The van der Waals surface area contributed by atoms with Crippen molar-refractivity contribution in [2.24, 2.45) is 5.41 Å². The highest BCUT2D eigenvalue weighted by Gasteiger charge is 2.39. The molecule has 0 atom stereocenters. The molecule has 4 nitrogen and oxygen atoms in total. The van der Waals surface area contributed by atoms with Crippen molar-refractivity contribution >= 4 is 34.8 Å². The lowest BCUT2D eigenvalue weighted by Crippen LogP contribution is -2.47. The first-order valence-electron chi connectivity index (χ1n) is 8.63. The van der Waals surface area contributed by atoms with Crippen LogP contribution in [0.15, 0.2) is 42.5 Å². The SMILES string of the molecule is CCN(C(=O)C(C)(C)C(=O)Nc1ccc(Cl)cc1C)c1cccc(C)c1. The first-order valence-corrected chi connectivity index (χ1v) is 9.01. The van der Waals surface area contributed by atoms with Crippen molar-refractivity contribution in [3.05, 3.63) is 58.6 Å². The number of hydrogen-bond donors (Lipinski definition) is 1. The molecule has 0 aliphatic rings. The van der Waals surface area contributed by atoms with Gasteiger partial charge in [-0.15, -0.1) is 0 Å². The van der Waals surface area contributed by atoms with Crippen LogP contribution >= 0.6 is 11.6 Å². The van der Waals surface area contributed by atoms with E-state index in [4.69, 9.17) is 11.6 Å². The summed E-state index contributed by atoms with van der Waals surface area (Å²) in [5, 5.41) is 3.46. The zero-order chi connectivity index (χ0) is 19.5. The summed E-state index contributed by atoms with van der Waals surface area (Å²) in [7, 11) is 0. The molecule has 0 spiro atoms. The average Bonchev–Trinajstić information content (AvgIpc) is 2.58. The van der Waals surface area contributed by atoms with Gasteiger partial charge in [0.1, 0.15) is 5.41 Å². The molecule has 138 valence electrons. The molecule has 2 aromatic carbocycles. The molecule has 5 heteroatoms. The van der Waals surface area contributed by atoms with Crippen molar-refractivity contribution in [3.8, 4) is 0 Å². The fraction of sp³-hybridized carbons (Fsp3) is 0.333. The lowest BCUT2D eigenvalue weighted by molar-refractivity contribution is -0.136. The van der Waals surface area contributed by atoms with E-state index in [0.29, 0.717) is 17.3 Å². The summed E-state index contributed by atoms with van der Waals surface area (Å²) in [6, 6.07) is 12.9. The molecule has 2 rings (SSSR count). The predicted molar refractivity (Wildman–Crippen MR) is 108 cm³/mol. The first-order chi connectivity index (χ1) is 12.2. The largest absolute Gasteiger partial charge is 0.325 e. The Labute approximate surface area is 160 Å². The average molecular weight is 373 g/mol. The molecule has 0 bridgehead atoms. The minimum absolute atomic E-state index is 0.241. The highest BCUT2D eigenvalue weighted by Crippen LogP contribution is 2.27. The fourth-order valence-corrected chi connectivity index (χ4v) is 2.95. The quantitative estimate of drug-likeness (QED) is 0.753. The molecule has 0 aliphatic heterocycles. The number of carbonyl (C=O) groups excluding carboxylic acids is 2. The third kappa shape index (κ3) is 4.25. The molecule has 0 fully saturated rings. The van der Waals surface area contributed by atoms with Crippen LogP contribution < -0.4 is 10.2 Å². The number of benzene rings is 2. The molecule has 26 heavy (non-hydrogen) atoms. The molecule has 0 aromatic heterocycles. The first kappa shape index (κ1) is 20.0. The second kappa shape index (κ2) is 7.92. The van der Waals surface area contributed by atoms with Crippen molar-refractivity contribution in [1.82, 2.24) is 0 Å². The van der Waals surface area contributed by atoms with Gasteiger partial charge < -0.3 is 10.2 Å². The maximum atomic E-state index is 13.1. The Hall–Kier alpha value is -2.33. The van der Waals surface area contributed by atoms with Crippen LogP contribution in [-0.2, 0) is 9.59 Å². The van der Waals surface area contributed by atoms with Gasteiger partial charge in [0.2, 0.25) is 11.8 Å². The summed E-state index contributed by atoms with van der Waals surface area (Å²) in [4.78, 5) is 27.6. The number of aryl methyl sites for hydroxylation is 2. The highest BCUT2D eigenvalue weighted by atomic mass is 35.5. The Morgan fingerprint density at radius 2 is 1.81 bits per heavy atom. The molecule has 0 saturated heterocycles. The maximum Gasteiger partial charge on any atom is 0.242 e. The fourth-order valence-electron chi connectivity index (χ4n) is 2.72. The molecule has 0 heterocycles. The Balaban J connectivity index is 2.25. The summed E-state index contributed by atoms with van der Waals surface area (Å²) >= 11 is 5.96. The monoisotopic (exact) mass is 372 g/mol. The zero-order valence-corrected chi connectivity index (χ0v) is 16.6. The minimum Gasteiger partial charge on any atom is -0.325 e. The summed E-state index contributed by atoms with van der Waals surface area (Å²) < 4.78 is 0. The second-order valence-electron chi connectivity index (χ2n) is 6.93. The van der Waals surface area contributed by atoms with Gasteiger partial charge >= 0.3 is 0 Å². The number of halogens is 1. The van der Waals surface area contributed by atoms with E-state index in [1.807, 2.05) is 45.0 Å². The van der Waals surface area contributed by atoms with E-state index in [2.05, 4.69) is 5.32 Å². The van der Waals surface area contributed by atoms with Gasteiger partial charge in [-0.25, -0.2) is 0 Å². The number of nitrogens with one attached hydrogen (secondary N) is 1. The van der Waals surface area contributed by atoms with Gasteiger partial charge in [-0.05, 0) is 76.1 Å². The summed E-state index contributed by atoms with van der Waals surface area (Å²) in [5.41, 5.74) is 2.14. The number of carbonyl (C=O) groups is 2. The van der Waals surface area contributed by atoms with Crippen molar-refractivity contribution in [2.45, 2.75) is 34.6 Å². The van der Waals surface area contributed by atoms with Gasteiger partial charge in [0.15, 0.2) is 0 Å². The molecule has 1 N–H and O–H groups in total. The molecular formula is C21H25ClN2O2. The van der Waals surface area contributed by atoms with E-state index < -0.39 is 5.41 Å². The van der Waals surface area contributed by atoms with Crippen LogP contribution in [0.3, 0.4) is 0 Å². The molecule has 2 aromatic rings. The van der Waals surface area contributed by atoms with Crippen LogP contribution in [0.2, 0.25) is 5.02 Å². The van der Waals surface area contributed by atoms with E-state index in [0.717, 1.165) is 16.8 Å². The number of nitrogens with zero attached hydrogens (tertiary/aromatic N) is 1. The van der Waals surface area contributed by atoms with Gasteiger partial charge in [-0.1, -0.05) is 23.7 Å². The van der Waals surface area contributed by atoms with Gasteiger partial charge in [0, 0.05) is 22.9 Å². The van der Waals surface area contributed by atoms with E-state index in [-0.39, 0.29) is 11.8 Å². The second-order valence-corrected chi connectivity index (χ2v) is 7.36. The van der Waals surface area contributed by atoms with Gasteiger partial charge in [0.05, 0.1) is 0 Å². The maximum absolute atomic E-state index is 13.1. The Morgan fingerprint density at radius 3 is 2.38 bits per heavy atom. The number of anilines is 2. The third-order valence-electron chi connectivity index (χ3n) is 4.41. The van der Waals surface area contributed by atoms with Crippen LogP contribution in [0, 0.1) is 19.3 Å². The summed E-state index contributed by atoms with van der Waals surface area (Å²) in [6.45, 7) is 9.52. The number of rotatable bonds is 5. The molecular weight excluding hydrogens is 348 g/mol. The Kier molecular flexibility index (Phi) is 6.09. The van der Waals surface area contributed by atoms with E-state index in [1.54, 1.807) is 36.9 Å². The molecule has 0 radical (unpaired) electrons. The minimum atomic E-state index is -1.22. The topological polar surface area (TPSA) is 49.4 Å². The predicted octanol–water partition coefficient (Wildman–Crippen LogP) is 4.97. The van der Waals surface area contributed by atoms with Crippen LogP contribution in [0.1, 0.15) is 31.9 Å². The highest BCUT2D eigenvalue weighted by molar-refractivity contribution is 6.30. The van der Waals surface area contributed by atoms with Crippen molar-refractivity contribution in [1.29, 1.82) is 0 Å². The lowest BCUT2D eigenvalue weighted by Gasteiger charge is -2.30. The molecule has 0 unspecified atom stereocenters. The van der Waals surface area contributed by atoms with Crippen molar-refractivity contribution in [2.75, 3.05) is 16.8 Å². The van der Waals surface area contributed by atoms with Gasteiger partial charge in [-0.2, -0.15) is 0 Å². The van der Waals surface area contributed by atoms with Gasteiger partial charge in [-0.3, -0.25) is 9.59 Å². The number of amides is 2. The van der Waals surface area contributed by atoms with E-state index >= 15 is 0 Å². The van der Waals surface area contributed by atoms with Crippen LogP contribution in [0.4, 0.5) is 11.4 Å². The Morgan fingerprint density at radius 1 is 1.12 bits per heavy atom.